The van der Waals surface area contributed by atoms with E-state index in [4.69, 9.17) is 0 Å². The standard InChI is InChI=1S/C22H9N5S/c1-11(8-23)15-13-4-2-6-26-19(13)17-18-20-14(5-3-7-27-20)16(12(9-24)10-25)22(18)28-21(15)17/h2-7H,1H3/b15-11+. The first-order chi connectivity index (χ1) is 13.7. The van der Waals surface area contributed by atoms with Crippen molar-refractivity contribution < 1.29 is 0 Å². The molecule has 0 radical (unpaired) electrons. The molecule has 3 aromatic heterocycles. The van der Waals surface area contributed by atoms with Crippen LogP contribution in [0.1, 0.15) is 27.8 Å². The van der Waals surface area contributed by atoms with E-state index in [-0.39, 0.29) is 5.57 Å². The average molecular weight is 375 g/mol. The van der Waals surface area contributed by atoms with Crippen molar-refractivity contribution >= 4 is 22.5 Å². The predicted molar refractivity (Wildman–Crippen MR) is 105 cm³/mol. The van der Waals surface area contributed by atoms with E-state index >= 15 is 0 Å². The van der Waals surface area contributed by atoms with Crippen LogP contribution in [0, 0.1) is 34.0 Å². The zero-order valence-corrected chi connectivity index (χ0v) is 15.4. The first kappa shape index (κ1) is 16.1. The first-order valence-corrected chi connectivity index (χ1v) is 9.27. The third-order valence-electron chi connectivity index (χ3n) is 5.01. The Kier molecular flexibility index (Phi) is 3.30. The van der Waals surface area contributed by atoms with E-state index in [0.717, 1.165) is 49.0 Å². The second-order valence-corrected chi connectivity index (χ2v) is 7.42. The van der Waals surface area contributed by atoms with Crippen molar-refractivity contribution in [1.82, 2.24) is 9.97 Å². The largest absolute Gasteiger partial charge is 0.256 e. The molecule has 0 aromatic carbocycles. The fourth-order valence-corrected chi connectivity index (χ4v) is 5.39. The number of rotatable bonds is 0. The van der Waals surface area contributed by atoms with Gasteiger partial charge in [0.25, 0.3) is 0 Å². The minimum atomic E-state index is 0.0664. The number of aromatic nitrogens is 2. The molecule has 3 heterocycles. The number of fused-ring (bicyclic) bond motifs is 7. The highest BCUT2D eigenvalue weighted by molar-refractivity contribution is 7.16. The van der Waals surface area contributed by atoms with Crippen molar-refractivity contribution in [3.8, 4) is 40.7 Å². The lowest BCUT2D eigenvalue weighted by molar-refractivity contribution is 1.31. The maximum absolute atomic E-state index is 9.54. The van der Waals surface area contributed by atoms with Crippen molar-refractivity contribution in [2.45, 2.75) is 6.92 Å². The van der Waals surface area contributed by atoms with Gasteiger partial charge in [-0.15, -0.1) is 11.3 Å². The highest BCUT2D eigenvalue weighted by Crippen LogP contribution is 2.59. The van der Waals surface area contributed by atoms with Crippen LogP contribution in [0.15, 0.2) is 47.8 Å². The van der Waals surface area contributed by atoms with E-state index in [1.54, 1.807) is 25.4 Å². The topological polar surface area (TPSA) is 97.2 Å². The minimum Gasteiger partial charge on any atom is -0.256 e. The molecule has 2 aliphatic rings. The lowest BCUT2D eigenvalue weighted by Crippen LogP contribution is -1.87. The van der Waals surface area contributed by atoms with E-state index < -0.39 is 0 Å². The zero-order valence-electron chi connectivity index (χ0n) is 14.6. The van der Waals surface area contributed by atoms with Crippen LogP contribution in [0.3, 0.4) is 0 Å². The lowest BCUT2D eigenvalue weighted by atomic mass is 10.1. The van der Waals surface area contributed by atoms with Gasteiger partial charge >= 0.3 is 0 Å². The Bertz CT molecular complexity index is 1380. The number of hydrogen-bond donors (Lipinski definition) is 0. The number of hydrogen-bond acceptors (Lipinski definition) is 6. The van der Waals surface area contributed by atoms with Gasteiger partial charge in [0.2, 0.25) is 0 Å². The van der Waals surface area contributed by atoms with E-state index in [1.165, 1.54) is 11.3 Å². The maximum atomic E-state index is 9.54. The van der Waals surface area contributed by atoms with Crippen molar-refractivity contribution in [3.63, 3.8) is 0 Å². The van der Waals surface area contributed by atoms with Crippen molar-refractivity contribution in [1.29, 1.82) is 15.8 Å². The first-order valence-electron chi connectivity index (χ1n) is 8.45. The fraction of sp³-hybridized carbons (Fsp3) is 0.0455. The Morgan fingerprint density at radius 2 is 1.36 bits per heavy atom. The Morgan fingerprint density at radius 3 is 1.89 bits per heavy atom. The minimum absolute atomic E-state index is 0.0664. The summed E-state index contributed by atoms with van der Waals surface area (Å²) in [6, 6.07) is 13.8. The number of pyridine rings is 2. The molecule has 0 aliphatic heterocycles. The summed E-state index contributed by atoms with van der Waals surface area (Å²) in [5, 5.41) is 28.6. The molecule has 6 heteroatoms. The van der Waals surface area contributed by atoms with Crippen LogP contribution in [0.4, 0.5) is 0 Å². The van der Waals surface area contributed by atoms with Gasteiger partial charge in [-0.2, -0.15) is 15.8 Å². The molecule has 0 saturated heterocycles. The number of allylic oxidation sites excluding steroid dienone is 2. The van der Waals surface area contributed by atoms with Crippen LogP contribution in [0.5, 0.6) is 0 Å². The SMILES string of the molecule is C/C(C#N)=C1/c2cccnc2-c2c1sc1c2-c2ncccc2C1=C(C#N)C#N. The highest BCUT2D eigenvalue weighted by Gasteiger charge is 2.39. The van der Waals surface area contributed by atoms with E-state index in [2.05, 4.69) is 16.0 Å². The van der Waals surface area contributed by atoms with Gasteiger partial charge in [-0.05, 0) is 19.1 Å². The van der Waals surface area contributed by atoms with Crippen LogP contribution in [-0.4, -0.2) is 9.97 Å². The molecular weight excluding hydrogens is 366 g/mol. The van der Waals surface area contributed by atoms with Gasteiger partial charge in [-0.25, -0.2) is 0 Å². The van der Waals surface area contributed by atoms with E-state index in [9.17, 15) is 15.8 Å². The Hall–Kier alpha value is -4.05. The van der Waals surface area contributed by atoms with Gasteiger partial charge in [-0.1, -0.05) is 12.1 Å². The molecule has 0 spiro atoms. The van der Waals surface area contributed by atoms with Crippen LogP contribution >= 0.6 is 11.3 Å². The molecule has 0 fully saturated rings. The van der Waals surface area contributed by atoms with Gasteiger partial charge in [0.1, 0.15) is 17.7 Å². The van der Waals surface area contributed by atoms with Crippen molar-refractivity contribution in [3.05, 3.63) is 68.7 Å². The van der Waals surface area contributed by atoms with Crippen LogP contribution in [0.25, 0.3) is 33.7 Å². The lowest BCUT2D eigenvalue weighted by Gasteiger charge is -2.03. The van der Waals surface area contributed by atoms with Crippen LogP contribution < -0.4 is 0 Å². The Morgan fingerprint density at radius 1 is 0.821 bits per heavy atom. The summed E-state index contributed by atoms with van der Waals surface area (Å²) in [6.07, 6.45) is 3.44. The molecule has 2 aliphatic carbocycles. The summed E-state index contributed by atoms with van der Waals surface area (Å²) in [6.45, 7) is 1.80. The van der Waals surface area contributed by atoms with Gasteiger partial charge < -0.3 is 0 Å². The smallest absolute Gasteiger partial charge is 0.139 e. The molecule has 0 atom stereocenters. The molecule has 28 heavy (non-hydrogen) atoms. The van der Waals surface area contributed by atoms with Gasteiger partial charge in [0, 0.05) is 61.1 Å². The highest BCUT2D eigenvalue weighted by atomic mass is 32.1. The molecule has 0 amide bonds. The van der Waals surface area contributed by atoms with Gasteiger partial charge in [0.15, 0.2) is 0 Å². The van der Waals surface area contributed by atoms with Crippen LogP contribution in [-0.2, 0) is 0 Å². The van der Waals surface area contributed by atoms with Crippen molar-refractivity contribution in [2.24, 2.45) is 0 Å². The molecule has 5 rings (SSSR count). The molecule has 0 unspecified atom stereocenters. The van der Waals surface area contributed by atoms with Crippen LogP contribution in [0.2, 0.25) is 0 Å². The third kappa shape index (κ3) is 1.86. The van der Waals surface area contributed by atoms with Gasteiger partial charge in [-0.3, -0.25) is 9.97 Å². The predicted octanol–water partition coefficient (Wildman–Crippen LogP) is 4.69. The number of nitrogens with zero attached hydrogens (tertiary/aromatic N) is 5. The maximum Gasteiger partial charge on any atom is 0.139 e. The molecule has 128 valence electrons. The summed E-state index contributed by atoms with van der Waals surface area (Å²) < 4.78 is 0. The normalized spacial score (nSPS) is 14.1. The monoisotopic (exact) mass is 375 g/mol. The molecule has 0 N–H and O–H groups in total. The van der Waals surface area contributed by atoms with Gasteiger partial charge in [0.05, 0.1) is 17.5 Å². The number of thiophene rings is 1. The Labute approximate surface area is 164 Å². The third-order valence-corrected chi connectivity index (χ3v) is 6.23. The summed E-state index contributed by atoms with van der Waals surface area (Å²) in [7, 11) is 0. The summed E-state index contributed by atoms with van der Waals surface area (Å²) >= 11 is 1.49. The van der Waals surface area contributed by atoms with E-state index in [1.807, 2.05) is 30.3 Å². The Balaban J connectivity index is 1.98. The second kappa shape index (κ2) is 5.72. The van der Waals surface area contributed by atoms with Crippen molar-refractivity contribution in [2.75, 3.05) is 0 Å². The summed E-state index contributed by atoms with van der Waals surface area (Å²) in [4.78, 5) is 10.9. The molecular formula is C22H9N5S. The quantitative estimate of drug-likeness (QED) is 0.366. The zero-order chi connectivity index (χ0) is 19.4. The fourth-order valence-electron chi connectivity index (χ4n) is 3.91. The average Bonchev–Trinajstić information content (AvgIpc) is 3.35. The summed E-state index contributed by atoms with van der Waals surface area (Å²) in [5.41, 5.74) is 7.28. The number of nitriles is 3. The molecule has 5 nitrogen and oxygen atoms in total. The molecule has 0 saturated carbocycles. The second-order valence-electron chi connectivity index (χ2n) is 6.39. The molecule has 0 bridgehead atoms. The summed E-state index contributed by atoms with van der Waals surface area (Å²) in [5.74, 6) is 0. The molecule has 3 aromatic rings. The van der Waals surface area contributed by atoms with E-state index in [0.29, 0.717) is 11.1 Å².